The van der Waals surface area contributed by atoms with Crippen LogP contribution in [-0.2, 0) is 0 Å². The number of hydrogen-bond acceptors (Lipinski definition) is 4. The first-order valence-corrected chi connectivity index (χ1v) is 6.47. The van der Waals surface area contributed by atoms with E-state index in [0.717, 1.165) is 42.4 Å². The van der Waals surface area contributed by atoms with Crippen molar-refractivity contribution in [2.24, 2.45) is 5.92 Å². The van der Waals surface area contributed by atoms with Gasteiger partial charge in [-0.05, 0) is 12.8 Å². The Morgan fingerprint density at radius 2 is 2.17 bits per heavy atom. The molecular formula is C14H17N3O. The van der Waals surface area contributed by atoms with Crippen LogP contribution in [0.2, 0.25) is 0 Å². The quantitative estimate of drug-likeness (QED) is 0.867. The molecule has 2 unspecified atom stereocenters. The van der Waals surface area contributed by atoms with Gasteiger partial charge in [-0.2, -0.15) is 5.10 Å². The Kier molecular flexibility index (Phi) is 3.11. The fraction of sp³-hybridized carbons (Fsp3) is 0.429. The van der Waals surface area contributed by atoms with Gasteiger partial charge in [-0.1, -0.05) is 30.7 Å². The van der Waals surface area contributed by atoms with E-state index < -0.39 is 0 Å². The van der Waals surface area contributed by atoms with Gasteiger partial charge >= 0.3 is 0 Å². The molecule has 2 aromatic rings. The van der Waals surface area contributed by atoms with E-state index in [1.165, 1.54) is 0 Å². The molecule has 94 valence electrons. The van der Waals surface area contributed by atoms with Crippen molar-refractivity contribution >= 4 is 16.6 Å². The fourth-order valence-electron chi connectivity index (χ4n) is 2.64. The van der Waals surface area contributed by atoms with Crippen molar-refractivity contribution in [3.8, 4) is 0 Å². The van der Waals surface area contributed by atoms with E-state index >= 15 is 0 Å². The zero-order valence-electron chi connectivity index (χ0n) is 10.2. The van der Waals surface area contributed by atoms with Gasteiger partial charge in [-0.25, -0.2) is 0 Å². The lowest BCUT2D eigenvalue weighted by atomic mass is 10.1. The van der Waals surface area contributed by atoms with Gasteiger partial charge in [0.1, 0.15) is 0 Å². The Balaban J connectivity index is 1.78. The summed E-state index contributed by atoms with van der Waals surface area (Å²) in [5.41, 5.74) is 0. The molecule has 4 heteroatoms. The zero-order chi connectivity index (χ0) is 12.4. The Morgan fingerprint density at radius 1 is 1.28 bits per heavy atom. The Hall–Kier alpha value is -1.68. The van der Waals surface area contributed by atoms with Gasteiger partial charge in [0.25, 0.3) is 0 Å². The molecule has 1 aromatic heterocycles. The second-order valence-corrected chi connectivity index (χ2v) is 4.92. The number of hydrogen-bond donors (Lipinski definition) is 2. The minimum absolute atomic E-state index is 0.166. The van der Waals surface area contributed by atoms with Gasteiger partial charge in [0.05, 0.1) is 12.3 Å². The molecule has 1 aliphatic rings. The molecule has 3 rings (SSSR count). The Labute approximate surface area is 106 Å². The van der Waals surface area contributed by atoms with Crippen LogP contribution in [0, 0.1) is 5.92 Å². The van der Waals surface area contributed by atoms with Crippen molar-refractivity contribution in [2.45, 2.75) is 25.4 Å². The van der Waals surface area contributed by atoms with Crippen LogP contribution >= 0.6 is 0 Å². The average molecular weight is 243 g/mol. The van der Waals surface area contributed by atoms with Crippen LogP contribution in [0.15, 0.2) is 30.5 Å². The monoisotopic (exact) mass is 243 g/mol. The first kappa shape index (κ1) is 11.4. The summed E-state index contributed by atoms with van der Waals surface area (Å²) in [6.45, 7) is 0.768. The highest BCUT2D eigenvalue weighted by Gasteiger charge is 2.24. The van der Waals surface area contributed by atoms with E-state index in [1.807, 2.05) is 24.3 Å². The average Bonchev–Trinajstić information content (AvgIpc) is 2.82. The van der Waals surface area contributed by atoms with E-state index in [9.17, 15) is 5.11 Å². The molecule has 0 aliphatic heterocycles. The summed E-state index contributed by atoms with van der Waals surface area (Å²) in [5, 5.41) is 23.5. The maximum atomic E-state index is 9.80. The summed E-state index contributed by atoms with van der Waals surface area (Å²) in [5.74, 6) is 1.15. The number of aromatic nitrogens is 2. The predicted molar refractivity (Wildman–Crippen MR) is 71.4 cm³/mol. The predicted octanol–water partition coefficient (Wildman–Crippen LogP) is 2.20. The second-order valence-electron chi connectivity index (χ2n) is 4.92. The molecule has 0 amide bonds. The third kappa shape index (κ3) is 2.16. The van der Waals surface area contributed by atoms with Crippen molar-refractivity contribution < 1.29 is 5.11 Å². The third-order valence-electron chi connectivity index (χ3n) is 3.72. The lowest BCUT2D eigenvalue weighted by Crippen LogP contribution is -2.22. The van der Waals surface area contributed by atoms with Crippen LogP contribution in [-0.4, -0.2) is 28.0 Å². The van der Waals surface area contributed by atoms with E-state index in [0.29, 0.717) is 5.92 Å². The van der Waals surface area contributed by atoms with Crippen LogP contribution in [0.25, 0.3) is 10.8 Å². The summed E-state index contributed by atoms with van der Waals surface area (Å²) in [4.78, 5) is 0. The number of aliphatic hydroxyl groups is 1. The van der Waals surface area contributed by atoms with Gasteiger partial charge < -0.3 is 10.4 Å². The molecule has 2 atom stereocenters. The van der Waals surface area contributed by atoms with Gasteiger partial charge in [-0.15, -0.1) is 5.10 Å². The normalized spacial score (nSPS) is 23.4. The molecule has 1 aliphatic carbocycles. The Morgan fingerprint density at radius 3 is 3.00 bits per heavy atom. The van der Waals surface area contributed by atoms with Gasteiger partial charge in [0.2, 0.25) is 0 Å². The van der Waals surface area contributed by atoms with Crippen molar-refractivity contribution in [1.82, 2.24) is 10.2 Å². The summed E-state index contributed by atoms with van der Waals surface area (Å²) in [6, 6.07) is 8.06. The zero-order valence-corrected chi connectivity index (χ0v) is 10.2. The van der Waals surface area contributed by atoms with E-state index in [2.05, 4.69) is 15.5 Å². The molecule has 0 radical (unpaired) electrons. The van der Waals surface area contributed by atoms with Crippen molar-refractivity contribution in [1.29, 1.82) is 0 Å². The number of rotatable bonds is 3. The van der Waals surface area contributed by atoms with E-state index in [-0.39, 0.29) is 6.10 Å². The molecule has 0 spiro atoms. The molecule has 1 fully saturated rings. The SMILES string of the molecule is OC1CCCC1CNc1nncc2ccccc12. The maximum Gasteiger partial charge on any atom is 0.156 e. The van der Waals surface area contributed by atoms with Crippen LogP contribution in [0.5, 0.6) is 0 Å². The summed E-state index contributed by atoms with van der Waals surface area (Å²) in [6.07, 6.45) is 4.74. The minimum atomic E-state index is -0.166. The summed E-state index contributed by atoms with van der Waals surface area (Å²) < 4.78 is 0. The molecule has 2 N–H and O–H groups in total. The number of aliphatic hydroxyl groups excluding tert-OH is 1. The van der Waals surface area contributed by atoms with Crippen LogP contribution in [0.3, 0.4) is 0 Å². The second kappa shape index (κ2) is 4.90. The minimum Gasteiger partial charge on any atom is -0.393 e. The molecule has 0 saturated heterocycles. The van der Waals surface area contributed by atoms with Crippen molar-refractivity contribution in [2.75, 3.05) is 11.9 Å². The molecular weight excluding hydrogens is 226 g/mol. The number of nitrogens with zero attached hydrogens (tertiary/aromatic N) is 2. The van der Waals surface area contributed by atoms with Crippen LogP contribution in [0.1, 0.15) is 19.3 Å². The lowest BCUT2D eigenvalue weighted by molar-refractivity contribution is 0.138. The van der Waals surface area contributed by atoms with Crippen LogP contribution < -0.4 is 5.32 Å². The number of anilines is 1. The van der Waals surface area contributed by atoms with Crippen molar-refractivity contribution in [3.63, 3.8) is 0 Å². The fourth-order valence-corrected chi connectivity index (χ4v) is 2.64. The third-order valence-corrected chi connectivity index (χ3v) is 3.72. The standard InChI is InChI=1S/C14H17N3O/c18-13-7-3-5-11(13)8-15-14-12-6-2-1-4-10(12)9-16-17-14/h1-2,4,6,9,11,13,18H,3,5,7-8H2,(H,15,17). The Bertz CT molecular complexity index is 538. The highest BCUT2D eigenvalue weighted by molar-refractivity contribution is 5.90. The number of benzene rings is 1. The summed E-state index contributed by atoms with van der Waals surface area (Å²) >= 11 is 0. The molecule has 4 nitrogen and oxygen atoms in total. The molecule has 18 heavy (non-hydrogen) atoms. The van der Waals surface area contributed by atoms with Gasteiger partial charge in [0, 0.05) is 23.2 Å². The largest absolute Gasteiger partial charge is 0.393 e. The highest BCUT2D eigenvalue weighted by Crippen LogP contribution is 2.26. The van der Waals surface area contributed by atoms with E-state index in [4.69, 9.17) is 0 Å². The lowest BCUT2D eigenvalue weighted by Gasteiger charge is -2.15. The topological polar surface area (TPSA) is 58.0 Å². The van der Waals surface area contributed by atoms with Crippen molar-refractivity contribution in [3.05, 3.63) is 30.5 Å². The number of fused-ring (bicyclic) bond motifs is 1. The molecule has 0 bridgehead atoms. The smallest absolute Gasteiger partial charge is 0.156 e. The number of nitrogens with one attached hydrogen (secondary N) is 1. The van der Waals surface area contributed by atoms with Crippen LogP contribution in [0.4, 0.5) is 5.82 Å². The molecule has 1 aromatic carbocycles. The molecule has 1 heterocycles. The first-order valence-electron chi connectivity index (χ1n) is 6.47. The van der Waals surface area contributed by atoms with Gasteiger partial charge in [0.15, 0.2) is 5.82 Å². The molecule has 1 saturated carbocycles. The van der Waals surface area contributed by atoms with Gasteiger partial charge in [-0.3, -0.25) is 0 Å². The first-order chi connectivity index (χ1) is 8.84. The van der Waals surface area contributed by atoms with E-state index in [1.54, 1.807) is 6.20 Å². The highest BCUT2D eigenvalue weighted by atomic mass is 16.3. The summed E-state index contributed by atoms with van der Waals surface area (Å²) in [7, 11) is 0. The maximum absolute atomic E-state index is 9.80.